The molecule has 0 aliphatic carbocycles. The van der Waals surface area contributed by atoms with Gasteiger partial charge in [0.1, 0.15) is 5.82 Å². The normalized spacial score (nSPS) is 17.8. The van der Waals surface area contributed by atoms with Crippen molar-refractivity contribution in [1.29, 1.82) is 0 Å². The molecule has 0 unspecified atom stereocenters. The van der Waals surface area contributed by atoms with Crippen molar-refractivity contribution >= 4 is 11.8 Å². The number of cyclic esters (lactones) is 1. The van der Waals surface area contributed by atoms with Crippen molar-refractivity contribution in [2.24, 2.45) is 0 Å². The molecule has 16 heavy (non-hydrogen) atoms. The van der Waals surface area contributed by atoms with Gasteiger partial charge in [-0.05, 0) is 38.5 Å². The van der Waals surface area contributed by atoms with Crippen LogP contribution in [-0.2, 0) is 4.74 Å². The van der Waals surface area contributed by atoms with E-state index in [-0.39, 0.29) is 5.69 Å². The van der Waals surface area contributed by atoms with Crippen LogP contribution in [0.1, 0.15) is 19.4 Å². The summed E-state index contributed by atoms with van der Waals surface area (Å²) in [5.74, 6) is -0.393. The fraction of sp³-hybridized carbons (Fsp3) is 0.364. The first-order valence-electron chi connectivity index (χ1n) is 4.96. The lowest BCUT2D eigenvalue weighted by Crippen LogP contribution is -2.64. The predicted molar refractivity (Wildman–Crippen MR) is 57.2 cm³/mol. The van der Waals surface area contributed by atoms with Crippen molar-refractivity contribution in [3.63, 3.8) is 0 Å². The molecule has 0 radical (unpaired) electrons. The summed E-state index contributed by atoms with van der Waals surface area (Å²) in [5.41, 5.74) is 3.04. The Morgan fingerprint density at radius 2 is 2.12 bits per heavy atom. The molecular weight excluding hydrogens is 211 g/mol. The van der Waals surface area contributed by atoms with Gasteiger partial charge in [-0.3, -0.25) is 5.43 Å². The van der Waals surface area contributed by atoms with E-state index in [0.29, 0.717) is 0 Å². The first-order valence-corrected chi connectivity index (χ1v) is 4.96. The molecule has 1 N–H and O–H groups in total. The minimum Gasteiger partial charge on any atom is -0.420 e. The zero-order chi connectivity index (χ0) is 11.9. The van der Waals surface area contributed by atoms with Crippen molar-refractivity contribution < 1.29 is 13.9 Å². The van der Waals surface area contributed by atoms with E-state index >= 15 is 0 Å². The van der Waals surface area contributed by atoms with Crippen molar-refractivity contribution in [2.45, 2.75) is 26.5 Å². The largest absolute Gasteiger partial charge is 0.434 e. The molecule has 1 aliphatic heterocycles. The Morgan fingerprint density at radius 3 is 2.62 bits per heavy atom. The van der Waals surface area contributed by atoms with Crippen LogP contribution in [0.3, 0.4) is 0 Å². The number of benzene rings is 1. The molecule has 2 rings (SSSR count). The third kappa shape index (κ3) is 1.68. The van der Waals surface area contributed by atoms with Gasteiger partial charge >= 0.3 is 6.09 Å². The van der Waals surface area contributed by atoms with Crippen LogP contribution in [0.5, 0.6) is 0 Å². The van der Waals surface area contributed by atoms with Gasteiger partial charge < -0.3 is 4.74 Å². The lowest BCUT2D eigenvalue weighted by molar-refractivity contribution is -0.150. The number of rotatable bonds is 2. The van der Waals surface area contributed by atoms with Crippen LogP contribution >= 0.6 is 0 Å². The molecule has 0 aromatic heterocycles. The van der Waals surface area contributed by atoms with E-state index in [1.807, 2.05) is 0 Å². The molecule has 0 spiro atoms. The molecule has 0 atom stereocenters. The number of carbonyl (C=O) groups is 1. The Labute approximate surface area is 93.0 Å². The summed E-state index contributed by atoms with van der Waals surface area (Å²) in [4.78, 5) is 11.1. The van der Waals surface area contributed by atoms with E-state index in [1.165, 1.54) is 11.1 Å². The van der Waals surface area contributed by atoms with Crippen LogP contribution in [-0.4, -0.2) is 16.8 Å². The zero-order valence-electron chi connectivity index (χ0n) is 9.37. The minimum atomic E-state index is -0.742. The summed E-state index contributed by atoms with van der Waals surface area (Å²) < 4.78 is 18.4. The summed E-state index contributed by atoms with van der Waals surface area (Å²) in [6, 6.07) is 4.76. The van der Waals surface area contributed by atoms with Crippen molar-refractivity contribution in [3.8, 4) is 0 Å². The molecule has 0 bridgehead atoms. The number of anilines is 1. The summed E-state index contributed by atoms with van der Waals surface area (Å²) in [7, 11) is 0. The number of amides is 1. The average molecular weight is 224 g/mol. The van der Waals surface area contributed by atoms with Gasteiger partial charge in [0.05, 0.1) is 5.69 Å². The molecule has 1 aliphatic rings. The number of carbonyl (C=O) groups excluding carboxylic acids is 1. The quantitative estimate of drug-likeness (QED) is 0.839. The standard InChI is InChI=1S/C11H13FN2O2/c1-7-4-5-9(8(12)6-7)13-14-10(15)16-11(14,2)3/h4-6,13H,1-3H3. The highest BCUT2D eigenvalue weighted by atomic mass is 19.1. The zero-order valence-corrected chi connectivity index (χ0v) is 9.37. The molecule has 1 saturated heterocycles. The second kappa shape index (κ2) is 3.37. The number of halogens is 1. The molecule has 1 heterocycles. The van der Waals surface area contributed by atoms with Gasteiger partial charge in [0.2, 0.25) is 5.72 Å². The monoisotopic (exact) mass is 224 g/mol. The van der Waals surface area contributed by atoms with Gasteiger partial charge in [-0.2, -0.15) is 5.01 Å². The van der Waals surface area contributed by atoms with E-state index in [2.05, 4.69) is 5.43 Å². The van der Waals surface area contributed by atoms with E-state index in [4.69, 9.17) is 4.74 Å². The van der Waals surface area contributed by atoms with Gasteiger partial charge in [-0.1, -0.05) is 6.07 Å². The van der Waals surface area contributed by atoms with Crippen LogP contribution in [0.4, 0.5) is 14.9 Å². The first-order chi connectivity index (χ1) is 7.40. The fourth-order valence-corrected chi connectivity index (χ4v) is 1.50. The second-order valence-corrected chi connectivity index (χ2v) is 4.25. The highest BCUT2D eigenvalue weighted by Crippen LogP contribution is 2.29. The Kier molecular flexibility index (Phi) is 2.26. The number of hydrazine groups is 1. The van der Waals surface area contributed by atoms with Crippen molar-refractivity contribution in [3.05, 3.63) is 29.6 Å². The van der Waals surface area contributed by atoms with Crippen LogP contribution in [0.2, 0.25) is 0 Å². The van der Waals surface area contributed by atoms with Crippen LogP contribution in [0.15, 0.2) is 18.2 Å². The lowest BCUT2D eigenvalue weighted by atomic mass is 10.2. The second-order valence-electron chi connectivity index (χ2n) is 4.25. The number of nitrogens with one attached hydrogen (secondary N) is 1. The van der Waals surface area contributed by atoms with Crippen molar-refractivity contribution in [1.82, 2.24) is 5.01 Å². The van der Waals surface area contributed by atoms with Gasteiger partial charge in [-0.25, -0.2) is 9.18 Å². The van der Waals surface area contributed by atoms with Crippen LogP contribution in [0, 0.1) is 12.7 Å². The molecule has 1 fully saturated rings. The Morgan fingerprint density at radius 1 is 1.44 bits per heavy atom. The molecule has 86 valence electrons. The topological polar surface area (TPSA) is 41.6 Å². The maximum absolute atomic E-state index is 13.5. The smallest absolute Gasteiger partial charge is 0.420 e. The molecule has 4 nitrogen and oxygen atoms in total. The first kappa shape index (κ1) is 10.7. The molecule has 1 aromatic rings. The van der Waals surface area contributed by atoms with Gasteiger partial charge in [0.25, 0.3) is 0 Å². The number of ether oxygens (including phenoxy) is 1. The fourth-order valence-electron chi connectivity index (χ4n) is 1.50. The Hall–Kier alpha value is -1.78. The maximum Gasteiger partial charge on any atom is 0.434 e. The number of hydrogen-bond acceptors (Lipinski definition) is 3. The lowest BCUT2D eigenvalue weighted by Gasteiger charge is -2.46. The number of aryl methyl sites for hydroxylation is 1. The molecule has 5 heteroatoms. The molecular formula is C11H13FN2O2. The van der Waals surface area contributed by atoms with E-state index in [0.717, 1.165) is 5.56 Å². The minimum absolute atomic E-state index is 0.260. The summed E-state index contributed by atoms with van der Waals surface area (Å²) in [5, 5.41) is 1.25. The van der Waals surface area contributed by atoms with Crippen LogP contribution < -0.4 is 5.43 Å². The Balaban J connectivity index is 2.18. The van der Waals surface area contributed by atoms with Gasteiger partial charge in [0.15, 0.2) is 0 Å². The van der Waals surface area contributed by atoms with Gasteiger partial charge in [0, 0.05) is 0 Å². The SMILES string of the molecule is Cc1ccc(NN2C(=O)OC2(C)C)c(F)c1. The van der Waals surface area contributed by atoms with Gasteiger partial charge in [-0.15, -0.1) is 0 Å². The highest BCUT2D eigenvalue weighted by molar-refractivity contribution is 5.76. The summed E-state index contributed by atoms with van der Waals surface area (Å²) in [6.45, 7) is 5.23. The Bertz CT molecular complexity index is 446. The maximum atomic E-state index is 13.5. The molecule has 0 saturated carbocycles. The summed E-state index contributed by atoms with van der Waals surface area (Å²) in [6.07, 6.45) is -0.509. The van der Waals surface area contributed by atoms with E-state index in [9.17, 15) is 9.18 Å². The predicted octanol–water partition coefficient (Wildman–Crippen LogP) is 2.65. The average Bonchev–Trinajstić information content (AvgIpc) is 2.15. The third-order valence-electron chi connectivity index (χ3n) is 2.41. The summed E-state index contributed by atoms with van der Waals surface area (Å²) >= 11 is 0. The van der Waals surface area contributed by atoms with E-state index < -0.39 is 17.6 Å². The third-order valence-corrected chi connectivity index (χ3v) is 2.41. The molecule has 1 aromatic carbocycles. The molecule has 1 amide bonds. The van der Waals surface area contributed by atoms with Crippen LogP contribution in [0.25, 0.3) is 0 Å². The van der Waals surface area contributed by atoms with E-state index in [1.54, 1.807) is 32.9 Å². The number of hydrogen-bond donors (Lipinski definition) is 1. The number of nitrogens with zero attached hydrogens (tertiary/aromatic N) is 1. The van der Waals surface area contributed by atoms with Crippen molar-refractivity contribution in [2.75, 3.05) is 5.43 Å². The highest BCUT2D eigenvalue weighted by Gasteiger charge is 2.46.